The van der Waals surface area contributed by atoms with Crippen LogP contribution in [0.3, 0.4) is 0 Å². The minimum absolute atomic E-state index is 0.129. The number of unbranched alkanes of at least 4 members (excludes halogenated alkanes) is 1. The van der Waals surface area contributed by atoms with E-state index in [2.05, 4.69) is 12.2 Å². The number of rotatable bonds is 8. The third kappa shape index (κ3) is 7.25. The third-order valence-corrected chi connectivity index (χ3v) is 4.39. The first kappa shape index (κ1) is 13.2. The van der Waals surface area contributed by atoms with Crippen molar-refractivity contribution < 1.29 is 7.86 Å². The van der Waals surface area contributed by atoms with Gasteiger partial charge in [-0.05, 0) is 0 Å². The molecule has 1 amide bonds. The molecule has 0 spiro atoms. The van der Waals surface area contributed by atoms with Gasteiger partial charge in [0.25, 0.3) is 0 Å². The van der Waals surface area contributed by atoms with Crippen LogP contribution in [-0.4, -0.2) is 23.0 Å². The van der Waals surface area contributed by atoms with E-state index >= 15 is 0 Å². The topological polar surface area (TPSA) is 38.3 Å². The van der Waals surface area contributed by atoms with Gasteiger partial charge in [0.05, 0.1) is 0 Å². The molecule has 0 saturated carbocycles. The zero-order chi connectivity index (χ0) is 10.1. The van der Waals surface area contributed by atoms with E-state index in [0.29, 0.717) is 0 Å². The monoisotopic (exact) mass is 301 g/mol. The first-order valence-corrected chi connectivity index (χ1v) is 7.30. The first-order valence-electron chi connectivity index (χ1n) is 4.70. The second kappa shape index (κ2) is 8.74. The fourth-order valence-corrected chi connectivity index (χ4v) is 3.21. The van der Waals surface area contributed by atoms with E-state index in [1.807, 2.05) is 13.8 Å². The van der Waals surface area contributed by atoms with Crippen LogP contribution >= 0.6 is 21.6 Å². The summed E-state index contributed by atoms with van der Waals surface area (Å²) in [5.41, 5.74) is 0. The minimum atomic E-state index is -0.289. The first-order chi connectivity index (χ1) is 6.22. The Morgan fingerprint density at radius 3 is 2.77 bits per heavy atom. The molecule has 0 aromatic heterocycles. The molecule has 13 heavy (non-hydrogen) atoms. The summed E-state index contributed by atoms with van der Waals surface area (Å²) < 4.78 is 6.90. The summed E-state index contributed by atoms with van der Waals surface area (Å²) in [7, 11) is 0. The van der Waals surface area contributed by atoms with Crippen molar-refractivity contribution in [2.45, 2.75) is 45.8 Å². The molecule has 0 saturated heterocycles. The normalized spacial score (nSPS) is 15.3. The number of hydrogen-bond donors (Lipinski definition) is 1. The van der Waals surface area contributed by atoms with E-state index in [9.17, 15) is 4.79 Å². The van der Waals surface area contributed by atoms with E-state index in [1.165, 1.54) is 17.3 Å². The van der Waals surface area contributed by atoms with Crippen molar-refractivity contribution in [2.75, 3.05) is 4.43 Å². The molecular weight excluding hydrogens is 281 g/mol. The van der Waals surface area contributed by atoms with Gasteiger partial charge in [-0.15, -0.1) is 0 Å². The van der Waals surface area contributed by atoms with Gasteiger partial charge in [-0.2, -0.15) is 0 Å². The van der Waals surface area contributed by atoms with Crippen LogP contribution in [0.4, 0.5) is 0 Å². The van der Waals surface area contributed by atoms with Gasteiger partial charge in [0, 0.05) is 0 Å². The number of halogens is 1. The van der Waals surface area contributed by atoms with Crippen LogP contribution in [0.15, 0.2) is 0 Å². The molecule has 2 atom stereocenters. The third-order valence-electron chi connectivity index (χ3n) is 1.84. The summed E-state index contributed by atoms with van der Waals surface area (Å²) in [6, 6.07) is 0.129. The molecular formula is C9H20INO2. The molecule has 0 aliphatic rings. The van der Waals surface area contributed by atoms with E-state index in [1.54, 1.807) is 0 Å². The van der Waals surface area contributed by atoms with Gasteiger partial charge in [0.1, 0.15) is 0 Å². The average molecular weight is 301 g/mol. The Morgan fingerprint density at radius 1 is 1.54 bits per heavy atom. The van der Waals surface area contributed by atoms with Gasteiger partial charge in [0.2, 0.25) is 0 Å². The van der Waals surface area contributed by atoms with Gasteiger partial charge in [-0.25, -0.2) is 0 Å². The maximum atomic E-state index is 10.1. The Hall–Kier alpha value is 0.160. The van der Waals surface area contributed by atoms with Crippen molar-refractivity contribution in [3.8, 4) is 0 Å². The van der Waals surface area contributed by atoms with Crippen LogP contribution in [0, 0.1) is 0 Å². The number of amides is 1. The Kier molecular flexibility index (Phi) is 8.85. The van der Waals surface area contributed by atoms with Gasteiger partial charge >= 0.3 is 91.4 Å². The van der Waals surface area contributed by atoms with E-state index in [-0.39, 0.29) is 33.8 Å². The van der Waals surface area contributed by atoms with Crippen LogP contribution in [0.2, 0.25) is 0 Å². The van der Waals surface area contributed by atoms with E-state index in [4.69, 9.17) is 3.07 Å². The second-order valence-corrected chi connectivity index (χ2v) is 5.44. The maximum absolute atomic E-state index is 10.1. The van der Waals surface area contributed by atoms with Crippen molar-refractivity contribution >= 4 is 28.0 Å². The molecule has 0 heterocycles. The van der Waals surface area contributed by atoms with Crippen LogP contribution in [0.1, 0.15) is 33.6 Å². The zero-order valence-electron chi connectivity index (χ0n) is 8.58. The van der Waals surface area contributed by atoms with Gasteiger partial charge in [0.15, 0.2) is 0 Å². The van der Waals surface area contributed by atoms with Crippen LogP contribution < -0.4 is 5.32 Å². The average Bonchev–Trinajstić information content (AvgIpc) is 2.12. The molecule has 2 unspecified atom stereocenters. The Morgan fingerprint density at radius 2 is 2.23 bits per heavy atom. The number of nitrogens with one attached hydrogen (secondary N) is 1. The summed E-state index contributed by atoms with van der Waals surface area (Å²) >= 11 is -0.289. The molecule has 4 heteroatoms. The SMILES string of the molecule is CCCC[IH]OC(C)C(C)NC=O. The molecule has 0 radical (unpaired) electrons. The quantitative estimate of drug-likeness (QED) is 0.322. The molecule has 0 bridgehead atoms. The van der Waals surface area contributed by atoms with Crippen molar-refractivity contribution in [1.29, 1.82) is 0 Å². The number of hydrogen-bond acceptors (Lipinski definition) is 2. The van der Waals surface area contributed by atoms with Gasteiger partial charge in [-0.1, -0.05) is 0 Å². The summed E-state index contributed by atoms with van der Waals surface area (Å²) in [6.07, 6.45) is 3.40. The van der Waals surface area contributed by atoms with E-state index < -0.39 is 0 Å². The molecule has 0 rings (SSSR count). The Balaban J connectivity index is 3.37. The van der Waals surface area contributed by atoms with Crippen molar-refractivity contribution in [3.63, 3.8) is 0 Å². The van der Waals surface area contributed by atoms with Crippen molar-refractivity contribution in [3.05, 3.63) is 0 Å². The van der Waals surface area contributed by atoms with Crippen molar-refractivity contribution in [1.82, 2.24) is 5.32 Å². The number of alkyl halides is 1. The standard InChI is InChI=1S/C9H20INO2/c1-4-5-6-10-13-9(3)8(2)11-7-12/h7-10H,4-6H2,1-3H3,(H,11,12). The van der Waals surface area contributed by atoms with Crippen molar-refractivity contribution in [2.24, 2.45) is 0 Å². The van der Waals surface area contributed by atoms with Gasteiger partial charge < -0.3 is 0 Å². The van der Waals surface area contributed by atoms with Crippen LogP contribution in [0.5, 0.6) is 0 Å². The molecule has 0 aromatic rings. The van der Waals surface area contributed by atoms with E-state index in [0.717, 1.165) is 6.41 Å². The fraction of sp³-hybridized carbons (Fsp3) is 0.889. The van der Waals surface area contributed by atoms with Crippen LogP contribution in [0.25, 0.3) is 0 Å². The Labute approximate surface area is 91.4 Å². The summed E-state index contributed by atoms with van der Waals surface area (Å²) in [4.78, 5) is 10.1. The molecule has 0 aromatic carbocycles. The summed E-state index contributed by atoms with van der Waals surface area (Å²) in [5.74, 6) is 0. The molecule has 0 aliphatic carbocycles. The fourth-order valence-electron chi connectivity index (χ4n) is 0.685. The summed E-state index contributed by atoms with van der Waals surface area (Å²) in [5, 5.41) is 2.70. The molecule has 1 N–H and O–H groups in total. The summed E-state index contributed by atoms with van der Waals surface area (Å²) in [6.45, 7) is 6.16. The van der Waals surface area contributed by atoms with Gasteiger partial charge in [-0.3, -0.25) is 0 Å². The molecule has 0 aliphatic heterocycles. The predicted octanol–water partition coefficient (Wildman–Crippen LogP) is 1.94. The Bertz CT molecular complexity index is 133. The number of carbonyl (C=O) groups is 1. The molecule has 80 valence electrons. The predicted molar refractivity (Wildman–Crippen MR) is 64.4 cm³/mol. The second-order valence-electron chi connectivity index (χ2n) is 3.05. The zero-order valence-corrected chi connectivity index (χ0v) is 10.9. The molecule has 3 nitrogen and oxygen atoms in total. The number of carbonyl (C=O) groups excluding carboxylic acids is 1. The van der Waals surface area contributed by atoms with Crippen LogP contribution in [-0.2, 0) is 7.86 Å². The molecule has 0 fully saturated rings.